The topological polar surface area (TPSA) is 86.8 Å². The van der Waals surface area contributed by atoms with Gasteiger partial charge in [0.15, 0.2) is 0 Å². The summed E-state index contributed by atoms with van der Waals surface area (Å²) in [5.41, 5.74) is 2.12. The molecule has 2 amide bonds. The first-order valence-electron chi connectivity index (χ1n) is 12.5. The van der Waals surface area contributed by atoms with Crippen LogP contribution in [0.15, 0.2) is 42.5 Å². The first-order valence-corrected chi connectivity index (χ1v) is 15.1. The van der Waals surface area contributed by atoms with Crippen molar-refractivity contribution < 1.29 is 18.0 Å². The Morgan fingerprint density at radius 2 is 1.62 bits per heavy atom. The van der Waals surface area contributed by atoms with E-state index in [2.05, 4.69) is 5.32 Å². The van der Waals surface area contributed by atoms with Crippen LogP contribution in [0.3, 0.4) is 0 Å². The number of amides is 2. The van der Waals surface area contributed by atoms with Crippen molar-refractivity contribution in [2.75, 3.05) is 17.1 Å². The Kier molecular flexibility index (Phi) is 9.89. The number of benzene rings is 2. The molecule has 7 nitrogen and oxygen atoms in total. The van der Waals surface area contributed by atoms with Crippen LogP contribution in [-0.4, -0.2) is 50.0 Å². The predicted octanol–water partition coefficient (Wildman–Crippen LogP) is 5.36. The smallest absolute Gasteiger partial charge is 0.244 e. The Hall–Kier alpha value is -2.29. The van der Waals surface area contributed by atoms with Gasteiger partial charge in [-0.1, -0.05) is 68.1 Å². The van der Waals surface area contributed by atoms with Gasteiger partial charge in [0.05, 0.1) is 22.0 Å². The Bertz CT molecular complexity index is 1210. The maximum atomic E-state index is 13.7. The second kappa shape index (κ2) is 12.5. The van der Waals surface area contributed by atoms with E-state index in [1.54, 1.807) is 37.3 Å². The van der Waals surface area contributed by atoms with Crippen LogP contribution in [0.25, 0.3) is 0 Å². The Labute approximate surface area is 230 Å². The summed E-state index contributed by atoms with van der Waals surface area (Å²) in [6.45, 7) is 5.38. The molecule has 2 aromatic carbocycles. The molecular weight excluding hydrogens is 533 g/mol. The number of halogens is 2. The van der Waals surface area contributed by atoms with E-state index in [-0.39, 0.29) is 24.4 Å². The van der Waals surface area contributed by atoms with Crippen LogP contribution in [0.4, 0.5) is 5.69 Å². The first-order chi connectivity index (χ1) is 17.4. The van der Waals surface area contributed by atoms with E-state index < -0.39 is 28.5 Å². The molecule has 1 fully saturated rings. The molecule has 0 aromatic heterocycles. The zero-order valence-electron chi connectivity index (χ0n) is 21.7. The molecule has 0 saturated heterocycles. The van der Waals surface area contributed by atoms with Crippen molar-refractivity contribution in [1.82, 2.24) is 10.2 Å². The average Bonchev–Trinajstić information content (AvgIpc) is 3.35. The Morgan fingerprint density at radius 3 is 2.16 bits per heavy atom. The summed E-state index contributed by atoms with van der Waals surface area (Å²) in [6.07, 6.45) is 5.01. The summed E-state index contributed by atoms with van der Waals surface area (Å²) >= 11 is 12.2. The third-order valence-corrected chi connectivity index (χ3v) is 8.61. The molecule has 0 radical (unpaired) electrons. The van der Waals surface area contributed by atoms with Gasteiger partial charge in [0.2, 0.25) is 21.8 Å². The molecule has 37 heavy (non-hydrogen) atoms. The lowest BCUT2D eigenvalue weighted by Crippen LogP contribution is -2.52. The Morgan fingerprint density at radius 1 is 1.00 bits per heavy atom. The molecule has 1 N–H and O–H groups in total. The van der Waals surface area contributed by atoms with Crippen LogP contribution in [0.1, 0.15) is 63.5 Å². The lowest BCUT2D eigenvalue weighted by Gasteiger charge is -2.32. The number of anilines is 1. The van der Waals surface area contributed by atoms with E-state index in [1.165, 1.54) is 4.90 Å². The van der Waals surface area contributed by atoms with Gasteiger partial charge in [-0.05, 0) is 61.1 Å². The largest absolute Gasteiger partial charge is 0.352 e. The summed E-state index contributed by atoms with van der Waals surface area (Å²) in [5, 5.41) is 3.75. The molecule has 3 rings (SSSR count). The molecule has 0 spiro atoms. The van der Waals surface area contributed by atoms with E-state index in [4.69, 9.17) is 23.2 Å². The fourth-order valence-corrected chi connectivity index (χ4v) is 5.62. The highest BCUT2D eigenvalue weighted by atomic mass is 35.5. The quantitative estimate of drug-likeness (QED) is 0.418. The van der Waals surface area contributed by atoms with Crippen molar-refractivity contribution in [3.05, 3.63) is 63.6 Å². The van der Waals surface area contributed by atoms with E-state index >= 15 is 0 Å². The third-order valence-electron chi connectivity index (χ3n) is 6.73. The fraction of sp³-hybridized carbons (Fsp3) is 0.481. The summed E-state index contributed by atoms with van der Waals surface area (Å²) in [5.74, 6) is -0.491. The van der Waals surface area contributed by atoms with Crippen LogP contribution in [0, 0.1) is 0 Å². The fourth-order valence-electron chi connectivity index (χ4n) is 4.45. The number of rotatable bonds is 10. The first kappa shape index (κ1) is 29.3. The van der Waals surface area contributed by atoms with Crippen LogP contribution >= 0.6 is 23.2 Å². The van der Waals surface area contributed by atoms with Gasteiger partial charge >= 0.3 is 0 Å². The molecule has 2 aromatic rings. The summed E-state index contributed by atoms with van der Waals surface area (Å²) in [4.78, 5) is 28.2. The van der Waals surface area contributed by atoms with Gasteiger partial charge in [0.25, 0.3) is 0 Å². The summed E-state index contributed by atoms with van der Waals surface area (Å²) in [6, 6.07) is 11.4. The normalized spacial score (nSPS) is 15.0. The molecule has 1 atom stereocenters. The molecular formula is C27H35Cl2N3O4S. The summed E-state index contributed by atoms with van der Waals surface area (Å²) < 4.78 is 26.5. The van der Waals surface area contributed by atoms with E-state index in [1.807, 2.05) is 26.0 Å². The number of nitrogens with one attached hydrogen (secondary N) is 1. The van der Waals surface area contributed by atoms with Gasteiger partial charge in [-0.25, -0.2) is 8.42 Å². The maximum absolute atomic E-state index is 13.7. The van der Waals surface area contributed by atoms with E-state index in [0.29, 0.717) is 21.3 Å². The highest BCUT2D eigenvalue weighted by Crippen LogP contribution is 2.26. The molecule has 0 heterocycles. The lowest BCUT2D eigenvalue weighted by molar-refractivity contribution is -0.139. The van der Waals surface area contributed by atoms with Gasteiger partial charge in [0.1, 0.15) is 12.6 Å². The zero-order chi connectivity index (χ0) is 27.3. The lowest BCUT2D eigenvalue weighted by atomic mass is 10.0. The number of sulfonamides is 1. The maximum Gasteiger partial charge on any atom is 0.244 e. The zero-order valence-corrected chi connectivity index (χ0v) is 24.0. The van der Waals surface area contributed by atoms with E-state index in [9.17, 15) is 18.0 Å². The van der Waals surface area contributed by atoms with Crippen LogP contribution in [0.2, 0.25) is 10.0 Å². The number of carbonyl (C=O) groups excluding carboxylic acids is 2. The van der Waals surface area contributed by atoms with E-state index in [0.717, 1.165) is 41.8 Å². The van der Waals surface area contributed by atoms with Crippen LogP contribution in [0.5, 0.6) is 0 Å². The minimum atomic E-state index is -3.78. The predicted molar refractivity (Wildman–Crippen MR) is 150 cm³/mol. The molecule has 202 valence electrons. The molecule has 1 saturated carbocycles. The third kappa shape index (κ3) is 7.85. The molecule has 1 aliphatic carbocycles. The average molecular weight is 569 g/mol. The second-order valence-electron chi connectivity index (χ2n) is 9.95. The second-order valence-corrected chi connectivity index (χ2v) is 12.7. The number of carbonyl (C=O) groups is 2. The number of nitrogens with zero attached hydrogens (tertiary/aromatic N) is 2. The molecule has 10 heteroatoms. The van der Waals surface area contributed by atoms with Crippen molar-refractivity contribution in [2.45, 2.75) is 71.0 Å². The number of hydrogen-bond acceptors (Lipinski definition) is 4. The minimum Gasteiger partial charge on any atom is -0.352 e. The van der Waals surface area contributed by atoms with Crippen molar-refractivity contribution in [2.24, 2.45) is 0 Å². The van der Waals surface area contributed by atoms with Crippen LogP contribution in [-0.2, 0) is 26.2 Å². The number of hydrogen-bond donors (Lipinski definition) is 1. The van der Waals surface area contributed by atoms with Gasteiger partial charge in [-0.2, -0.15) is 0 Å². The summed E-state index contributed by atoms with van der Waals surface area (Å²) in [7, 11) is -3.78. The van der Waals surface area contributed by atoms with Crippen molar-refractivity contribution in [3.8, 4) is 0 Å². The molecule has 0 bridgehead atoms. The monoisotopic (exact) mass is 567 g/mol. The molecule has 1 aliphatic rings. The highest BCUT2D eigenvalue weighted by Gasteiger charge is 2.31. The van der Waals surface area contributed by atoms with Gasteiger partial charge < -0.3 is 10.2 Å². The highest BCUT2D eigenvalue weighted by molar-refractivity contribution is 7.92. The SMILES string of the molecule is CC(C)c1ccc(N(CC(=O)N(Cc2ccc(Cl)c(Cl)c2)[C@@H](C)C(=O)NC2CCCC2)S(C)(=O)=O)cc1. The van der Waals surface area contributed by atoms with Crippen molar-refractivity contribution >= 4 is 50.7 Å². The standard InChI is InChI=1S/C27H35Cl2N3O4S/c1-18(2)21-10-12-23(13-11-21)32(37(4,35)36)17-26(33)31(16-20-9-14-24(28)25(29)15-20)19(3)27(34)30-22-7-5-6-8-22/h9-15,18-19,22H,5-8,16-17H2,1-4H3,(H,30,34)/t19-/m0/s1. The minimum absolute atomic E-state index is 0.0683. The molecule has 0 aliphatic heterocycles. The van der Waals surface area contributed by atoms with Gasteiger partial charge in [-0.15, -0.1) is 0 Å². The Balaban J connectivity index is 1.89. The van der Waals surface area contributed by atoms with Crippen molar-refractivity contribution in [3.63, 3.8) is 0 Å². The van der Waals surface area contributed by atoms with Crippen molar-refractivity contribution in [1.29, 1.82) is 0 Å². The molecule has 0 unspecified atom stereocenters. The van der Waals surface area contributed by atoms with Gasteiger partial charge in [0, 0.05) is 12.6 Å². The van der Waals surface area contributed by atoms with Crippen LogP contribution < -0.4 is 9.62 Å². The van der Waals surface area contributed by atoms with Gasteiger partial charge in [-0.3, -0.25) is 13.9 Å².